The van der Waals surface area contributed by atoms with E-state index in [0.29, 0.717) is 12.1 Å². The van der Waals surface area contributed by atoms with E-state index in [1.165, 1.54) is 31.2 Å². The van der Waals surface area contributed by atoms with Crippen LogP contribution in [0, 0.1) is 0 Å². The summed E-state index contributed by atoms with van der Waals surface area (Å²) in [6.45, 7) is 2.81. The molecule has 0 aromatic heterocycles. The van der Waals surface area contributed by atoms with Gasteiger partial charge in [0.2, 0.25) is 5.91 Å². The molecular formula is C19H29N3O. The van der Waals surface area contributed by atoms with Crippen molar-refractivity contribution in [2.75, 3.05) is 0 Å². The first kappa shape index (κ1) is 16.5. The summed E-state index contributed by atoms with van der Waals surface area (Å²) < 4.78 is 0. The Morgan fingerprint density at radius 3 is 2.22 bits per heavy atom. The molecule has 2 fully saturated rings. The highest BCUT2D eigenvalue weighted by atomic mass is 16.2. The summed E-state index contributed by atoms with van der Waals surface area (Å²) in [6, 6.07) is 12.1. The van der Waals surface area contributed by atoms with Gasteiger partial charge in [0.15, 0.2) is 0 Å². The van der Waals surface area contributed by atoms with Gasteiger partial charge >= 0.3 is 0 Å². The molecule has 2 saturated carbocycles. The number of benzene rings is 1. The first-order valence-electron chi connectivity index (χ1n) is 8.99. The average Bonchev–Trinajstić information content (AvgIpc) is 3.39. The highest BCUT2D eigenvalue weighted by molar-refractivity contribution is 5.81. The molecule has 2 aliphatic carbocycles. The van der Waals surface area contributed by atoms with Gasteiger partial charge in [0.1, 0.15) is 0 Å². The van der Waals surface area contributed by atoms with Crippen LogP contribution < -0.4 is 11.1 Å². The summed E-state index contributed by atoms with van der Waals surface area (Å²) in [5.74, 6) is -0.0169. The van der Waals surface area contributed by atoms with Crippen molar-refractivity contribution in [3.05, 3.63) is 35.9 Å². The van der Waals surface area contributed by atoms with Gasteiger partial charge in [-0.15, -0.1) is 0 Å². The Bertz CT molecular complexity index is 505. The summed E-state index contributed by atoms with van der Waals surface area (Å²) >= 11 is 0. The van der Waals surface area contributed by atoms with Crippen LogP contribution in [0.25, 0.3) is 0 Å². The van der Waals surface area contributed by atoms with E-state index in [9.17, 15) is 4.79 Å². The molecule has 2 aliphatic rings. The molecule has 1 atom stereocenters. The van der Waals surface area contributed by atoms with E-state index in [0.717, 1.165) is 25.4 Å². The number of hydrogen-bond acceptors (Lipinski definition) is 3. The van der Waals surface area contributed by atoms with Crippen molar-refractivity contribution in [3.63, 3.8) is 0 Å². The van der Waals surface area contributed by atoms with Gasteiger partial charge in [-0.1, -0.05) is 30.3 Å². The van der Waals surface area contributed by atoms with Gasteiger partial charge in [-0.05, 0) is 51.0 Å². The predicted molar refractivity (Wildman–Crippen MR) is 92.8 cm³/mol. The molecule has 126 valence electrons. The minimum Gasteiger partial charge on any atom is -0.352 e. The lowest BCUT2D eigenvalue weighted by Gasteiger charge is -2.37. The van der Waals surface area contributed by atoms with Crippen LogP contribution in [0.5, 0.6) is 0 Å². The van der Waals surface area contributed by atoms with Crippen molar-refractivity contribution < 1.29 is 4.79 Å². The quantitative estimate of drug-likeness (QED) is 0.847. The van der Waals surface area contributed by atoms with Gasteiger partial charge in [0.05, 0.1) is 6.04 Å². The summed E-state index contributed by atoms with van der Waals surface area (Å²) in [5.41, 5.74) is 7.05. The highest BCUT2D eigenvalue weighted by Crippen LogP contribution is 2.35. The SMILES string of the molecule is C[C@H](N)C(=O)NC1CCC(N(Cc2ccccc2)C2CC2)CC1. The van der Waals surface area contributed by atoms with Crippen LogP contribution in [-0.4, -0.2) is 35.0 Å². The third kappa shape index (κ3) is 4.55. The fourth-order valence-electron chi connectivity index (χ4n) is 3.64. The second-order valence-corrected chi connectivity index (χ2v) is 7.19. The van der Waals surface area contributed by atoms with Crippen LogP contribution in [0.1, 0.15) is 51.0 Å². The molecule has 0 aliphatic heterocycles. The Morgan fingerprint density at radius 2 is 1.70 bits per heavy atom. The van der Waals surface area contributed by atoms with Crippen molar-refractivity contribution in [3.8, 4) is 0 Å². The Morgan fingerprint density at radius 1 is 1.13 bits per heavy atom. The highest BCUT2D eigenvalue weighted by Gasteiger charge is 2.36. The number of carbonyl (C=O) groups is 1. The van der Waals surface area contributed by atoms with E-state index >= 15 is 0 Å². The Labute approximate surface area is 139 Å². The number of nitrogens with zero attached hydrogens (tertiary/aromatic N) is 1. The van der Waals surface area contributed by atoms with Crippen molar-refractivity contribution in [2.24, 2.45) is 5.73 Å². The number of rotatable bonds is 6. The van der Waals surface area contributed by atoms with Crippen LogP contribution in [0.2, 0.25) is 0 Å². The Hall–Kier alpha value is -1.39. The van der Waals surface area contributed by atoms with Crippen LogP contribution in [0.4, 0.5) is 0 Å². The van der Waals surface area contributed by atoms with Crippen molar-refractivity contribution in [1.82, 2.24) is 10.2 Å². The summed E-state index contributed by atoms with van der Waals surface area (Å²) in [5, 5.41) is 3.09. The minimum absolute atomic E-state index is 0.0169. The molecule has 4 heteroatoms. The summed E-state index contributed by atoms with van der Waals surface area (Å²) in [6.07, 6.45) is 7.17. The molecule has 0 radical (unpaired) electrons. The molecular weight excluding hydrogens is 286 g/mol. The topological polar surface area (TPSA) is 58.4 Å². The molecule has 0 heterocycles. The third-order valence-corrected chi connectivity index (χ3v) is 5.15. The zero-order valence-electron chi connectivity index (χ0n) is 14.1. The van der Waals surface area contributed by atoms with Crippen molar-refractivity contribution >= 4 is 5.91 Å². The van der Waals surface area contributed by atoms with Crippen molar-refractivity contribution in [1.29, 1.82) is 0 Å². The maximum atomic E-state index is 11.7. The second kappa shape index (κ2) is 7.45. The van der Waals surface area contributed by atoms with Gasteiger partial charge in [-0.3, -0.25) is 9.69 Å². The Balaban J connectivity index is 1.53. The van der Waals surface area contributed by atoms with Crippen LogP contribution in [-0.2, 0) is 11.3 Å². The largest absolute Gasteiger partial charge is 0.352 e. The smallest absolute Gasteiger partial charge is 0.236 e. The lowest BCUT2D eigenvalue weighted by atomic mass is 9.89. The van der Waals surface area contributed by atoms with E-state index in [4.69, 9.17) is 5.73 Å². The zero-order chi connectivity index (χ0) is 16.2. The molecule has 0 saturated heterocycles. The normalized spacial score (nSPS) is 26.0. The first-order valence-corrected chi connectivity index (χ1v) is 8.99. The molecule has 0 spiro atoms. The van der Waals surface area contributed by atoms with E-state index < -0.39 is 6.04 Å². The summed E-state index contributed by atoms with van der Waals surface area (Å²) in [4.78, 5) is 14.4. The van der Waals surface area contributed by atoms with E-state index in [-0.39, 0.29) is 5.91 Å². The van der Waals surface area contributed by atoms with Gasteiger partial charge in [0, 0.05) is 24.7 Å². The second-order valence-electron chi connectivity index (χ2n) is 7.19. The van der Waals surface area contributed by atoms with Gasteiger partial charge < -0.3 is 11.1 Å². The van der Waals surface area contributed by atoms with E-state index in [2.05, 4.69) is 40.5 Å². The van der Waals surface area contributed by atoms with Gasteiger partial charge in [-0.25, -0.2) is 0 Å². The summed E-state index contributed by atoms with van der Waals surface area (Å²) in [7, 11) is 0. The fraction of sp³-hybridized carbons (Fsp3) is 0.632. The predicted octanol–water partition coefficient (Wildman–Crippen LogP) is 2.43. The van der Waals surface area contributed by atoms with Crippen molar-refractivity contribution in [2.45, 2.75) is 76.2 Å². The lowest BCUT2D eigenvalue weighted by molar-refractivity contribution is -0.123. The van der Waals surface area contributed by atoms with Gasteiger partial charge in [-0.2, -0.15) is 0 Å². The number of nitrogens with one attached hydrogen (secondary N) is 1. The molecule has 1 amide bonds. The van der Waals surface area contributed by atoms with Crippen LogP contribution in [0.3, 0.4) is 0 Å². The molecule has 1 aromatic carbocycles. The zero-order valence-corrected chi connectivity index (χ0v) is 14.1. The molecule has 3 N–H and O–H groups in total. The maximum Gasteiger partial charge on any atom is 0.236 e. The monoisotopic (exact) mass is 315 g/mol. The molecule has 4 nitrogen and oxygen atoms in total. The number of amides is 1. The van der Waals surface area contributed by atoms with Gasteiger partial charge in [0.25, 0.3) is 0 Å². The minimum atomic E-state index is -0.409. The molecule has 0 unspecified atom stereocenters. The standard InChI is InChI=1S/C19H29N3O/c1-14(20)19(23)21-16-7-9-17(10-8-16)22(18-11-12-18)13-15-5-3-2-4-6-15/h2-6,14,16-18H,7-13,20H2,1H3,(H,21,23)/t14-,16?,17?/m0/s1. The first-order chi connectivity index (χ1) is 11.1. The van der Waals surface area contributed by atoms with E-state index in [1.54, 1.807) is 6.92 Å². The fourth-order valence-corrected chi connectivity index (χ4v) is 3.64. The number of carbonyl (C=O) groups excluding carboxylic acids is 1. The van der Waals surface area contributed by atoms with Crippen LogP contribution in [0.15, 0.2) is 30.3 Å². The molecule has 1 aromatic rings. The molecule has 3 rings (SSSR count). The third-order valence-electron chi connectivity index (χ3n) is 5.15. The number of hydrogen-bond donors (Lipinski definition) is 2. The number of nitrogens with two attached hydrogens (primary N) is 1. The Kier molecular flexibility index (Phi) is 5.34. The van der Waals surface area contributed by atoms with Crippen LogP contribution >= 0.6 is 0 Å². The van der Waals surface area contributed by atoms with E-state index in [1.807, 2.05) is 0 Å². The molecule has 0 bridgehead atoms. The maximum absolute atomic E-state index is 11.7. The lowest BCUT2D eigenvalue weighted by Crippen LogP contribution is -2.48. The molecule has 23 heavy (non-hydrogen) atoms. The average molecular weight is 315 g/mol.